The minimum atomic E-state index is -4.54. The van der Waals surface area contributed by atoms with Gasteiger partial charge in [-0.3, -0.25) is 9.69 Å². The lowest BCUT2D eigenvalue weighted by Gasteiger charge is -2.28. The molecule has 1 aromatic carbocycles. The molecule has 3 N–H and O–H groups in total. The Bertz CT molecular complexity index is 649. The number of carbonyl (C=O) groups is 1. The van der Waals surface area contributed by atoms with Gasteiger partial charge >= 0.3 is 10.2 Å². The molecule has 25 heavy (non-hydrogen) atoms. The summed E-state index contributed by atoms with van der Waals surface area (Å²) in [4.78, 5) is 12.5. The number of aliphatic hydroxyl groups excluding tert-OH is 1. The maximum atomic E-state index is 12.7. The fourth-order valence-corrected chi connectivity index (χ4v) is 2.66. The summed E-state index contributed by atoms with van der Waals surface area (Å²) < 4.78 is 39.4. The van der Waals surface area contributed by atoms with Gasteiger partial charge in [0.15, 0.2) is 0 Å². The van der Waals surface area contributed by atoms with Crippen LogP contribution in [0.2, 0.25) is 0 Å². The van der Waals surface area contributed by atoms with E-state index in [9.17, 15) is 22.2 Å². The standard InChI is InChI=1S/C16H25FN2O5S/c1-12(2)19(7-8-25(17,22)23)10-14(20)11-24-15-5-3-13(4-6-15)9-16(18)21/h3-6,12,14,20H,7-11H2,1-2H3,(H2,18,21). The van der Waals surface area contributed by atoms with Crippen molar-refractivity contribution in [2.45, 2.75) is 32.4 Å². The van der Waals surface area contributed by atoms with Crippen LogP contribution in [-0.4, -0.2) is 61.9 Å². The molecule has 0 saturated carbocycles. The fourth-order valence-electron chi connectivity index (χ4n) is 2.21. The molecule has 0 spiro atoms. The number of nitrogens with two attached hydrogens (primary N) is 1. The number of benzene rings is 1. The zero-order chi connectivity index (χ0) is 19.0. The molecular formula is C16H25FN2O5S. The maximum absolute atomic E-state index is 12.7. The van der Waals surface area contributed by atoms with Gasteiger partial charge in [-0.25, -0.2) is 0 Å². The molecule has 142 valence electrons. The first-order valence-electron chi connectivity index (χ1n) is 7.91. The van der Waals surface area contributed by atoms with Gasteiger partial charge in [-0.05, 0) is 31.5 Å². The zero-order valence-corrected chi connectivity index (χ0v) is 15.2. The number of primary amides is 1. The van der Waals surface area contributed by atoms with Gasteiger partial charge in [-0.2, -0.15) is 8.42 Å². The Hall–Kier alpha value is -1.71. The van der Waals surface area contributed by atoms with Gasteiger partial charge in [-0.15, -0.1) is 3.89 Å². The van der Waals surface area contributed by atoms with Gasteiger partial charge in [0, 0.05) is 19.1 Å². The molecule has 1 amide bonds. The molecule has 0 fully saturated rings. The number of carbonyl (C=O) groups excluding carboxylic acids is 1. The van der Waals surface area contributed by atoms with E-state index >= 15 is 0 Å². The Morgan fingerprint density at radius 2 is 1.92 bits per heavy atom. The van der Waals surface area contributed by atoms with E-state index < -0.39 is 28.0 Å². The topological polar surface area (TPSA) is 110 Å². The summed E-state index contributed by atoms with van der Waals surface area (Å²) in [7, 11) is -4.54. The molecule has 0 aliphatic rings. The average Bonchev–Trinajstić information content (AvgIpc) is 2.49. The normalized spacial score (nSPS) is 13.2. The highest BCUT2D eigenvalue weighted by Crippen LogP contribution is 2.13. The molecule has 0 aliphatic heterocycles. The van der Waals surface area contributed by atoms with Gasteiger partial charge in [-0.1, -0.05) is 12.1 Å². The fraction of sp³-hybridized carbons (Fsp3) is 0.562. The minimum absolute atomic E-state index is 0.000755. The summed E-state index contributed by atoms with van der Waals surface area (Å²) in [6.07, 6.45) is -0.723. The number of hydrogen-bond acceptors (Lipinski definition) is 6. The summed E-state index contributed by atoms with van der Waals surface area (Å²) >= 11 is 0. The molecule has 0 aliphatic carbocycles. The van der Waals surface area contributed by atoms with Gasteiger partial charge in [0.1, 0.15) is 18.5 Å². The van der Waals surface area contributed by atoms with Crippen molar-refractivity contribution in [1.29, 1.82) is 0 Å². The zero-order valence-electron chi connectivity index (χ0n) is 14.4. The Labute approximate surface area is 147 Å². The second kappa shape index (κ2) is 9.69. The van der Waals surface area contributed by atoms with E-state index in [4.69, 9.17) is 10.5 Å². The molecule has 0 bridgehead atoms. The molecule has 0 saturated heterocycles. The van der Waals surface area contributed by atoms with Crippen LogP contribution in [0.1, 0.15) is 19.4 Å². The van der Waals surface area contributed by atoms with Crippen LogP contribution in [0.3, 0.4) is 0 Å². The van der Waals surface area contributed by atoms with Crippen molar-refractivity contribution < 1.29 is 26.9 Å². The quantitative estimate of drug-likeness (QED) is 0.543. The Morgan fingerprint density at radius 1 is 1.32 bits per heavy atom. The van der Waals surface area contributed by atoms with Crippen LogP contribution < -0.4 is 10.5 Å². The Kier molecular flexibility index (Phi) is 8.27. The van der Waals surface area contributed by atoms with E-state index in [0.29, 0.717) is 5.75 Å². The molecule has 1 atom stereocenters. The maximum Gasteiger partial charge on any atom is 0.303 e. The number of halogens is 1. The summed E-state index contributed by atoms with van der Waals surface area (Å²) in [5, 5.41) is 10.1. The summed E-state index contributed by atoms with van der Waals surface area (Å²) in [6, 6.07) is 6.70. The average molecular weight is 376 g/mol. The van der Waals surface area contributed by atoms with Crippen LogP contribution in [0.5, 0.6) is 5.75 Å². The monoisotopic (exact) mass is 376 g/mol. The number of rotatable bonds is 11. The predicted molar refractivity (Wildman–Crippen MR) is 92.4 cm³/mol. The summed E-state index contributed by atoms with van der Waals surface area (Å²) in [5.74, 6) is -0.511. The van der Waals surface area contributed by atoms with Crippen LogP contribution in [-0.2, 0) is 21.4 Å². The molecule has 0 aromatic heterocycles. The first-order chi connectivity index (χ1) is 11.6. The third-order valence-electron chi connectivity index (χ3n) is 3.54. The predicted octanol–water partition coefficient (Wildman–Crippen LogP) is 0.464. The van der Waals surface area contributed by atoms with E-state index in [2.05, 4.69) is 0 Å². The Balaban J connectivity index is 2.48. The van der Waals surface area contributed by atoms with Crippen molar-refractivity contribution in [1.82, 2.24) is 4.90 Å². The van der Waals surface area contributed by atoms with Crippen LogP contribution >= 0.6 is 0 Å². The lowest BCUT2D eigenvalue weighted by atomic mass is 10.1. The molecule has 1 aromatic rings. The molecule has 9 heteroatoms. The highest BCUT2D eigenvalue weighted by molar-refractivity contribution is 7.86. The number of ether oxygens (including phenoxy) is 1. The molecule has 1 rings (SSSR count). The number of nitrogens with zero attached hydrogens (tertiary/aromatic N) is 1. The third kappa shape index (κ3) is 9.37. The van der Waals surface area contributed by atoms with Crippen LogP contribution in [0.25, 0.3) is 0 Å². The van der Waals surface area contributed by atoms with Crippen LogP contribution in [0, 0.1) is 0 Å². The van der Waals surface area contributed by atoms with Crippen molar-refractivity contribution in [2.75, 3.05) is 25.4 Å². The van der Waals surface area contributed by atoms with E-state index in [1.54, 1.807) is 29.2 Å². The second-order valence-electron chi connectivity index (χ2n) is 6.08. The van der Waals surface area contributed by atoms with Gasteiger partial charge in [0.25, 0.3) is 0 Å². The minimum Gasteiger partial charge on any atom is -0.491 e. The van der Waals surface area contributed by atoms with Crippen LogP contribution in [0.4, 0.5) is 3.89 Å². The van der Waals surface area contributed by atoms with Crippen molar-refractivity contribution in [3.05, 3.63) is 29.8 Å². The lowest BCUT2D eigenvalue weighted by molar-refractivity contribution is -0.117. The van der Waals surface area contributed by atoms with Gasteiger partial charge in [0.2, 0.25) is 5.91 Å². The smallest absolute Gasteiger partial charge is 0.303 e. The van der Waals surface area contributed by atoms with E-state index in [1.807, 2.05) is 13.8 Å². The first-order valence-corrected chi connectivity index (χ1v) is 9.46. The SMILES string of the molecule is CC(C)N(CCS(=O)(=O)F)CC(O)COc1ccc(CC(N)=O)cc1. The van der Waals surface area contributed by atoms with E-state index in [0.717, 1.165) is 5.56 Å². The van der Waals surface area contributed by atoms with E-state index in [-0.39, 0.29) is 32.2 Å². The van der Waals surface area contributed by atoms with Crippen molar-refractivity contribution >= 4 is 16.1 Å². The number of amides is 1. The largest absolute Gasteiger partial charge is 0.491 e. The highest BCUT2D eigenvalue weighted by Gasteiger charge is 2.18. The van der Waals surface area contributed by atoms with Crippen molar-refractivity contribution in [2.24, 2.45) is 5.73 Å². The number of hydrogen-bond donors (Lipinski definition) is 2. The number of aliphatic hydroxyl groups is 1. The molecule has 0 radical (unpaired) electrons. The van der Waals surface area contributed by atoms with Crippen LogP contribution in [0.15, 0.2) is 24.3 Å². The van der Waals surface area contributed by atoms with Crippen molar-refractivity contribution in [3.63, 3.8) is 0 Å². The summed E-state index contributed by atoms with van der Waals surface area (Å²) in [5.41, 5.74) is 5.88. The second-order valence-corrected chi connectivity index (χ2v) is 7.57. The molecule has 1 unspecified atom stereocenters. The molecular weight excluding hydrogens is 351 g/mol. The first kappa shape index (κ1) is 21.3. The van der Waals surface area contributed by atoms with E-state index in [1.165, 1.54) is 0 Å². The summed E-state index contributed by atoms with van der Waals surface area (Å²) in [6.45, 7) is 3.81. The molecule has 0 heterocycles. The highest BCUT2D eigenvalue weighted by atomic mass is 32.3. The molecule has 7 nitrogen and oxygen atoms in total. The third-order valence-corrected chi connectivity index (χ3v) is 4.21. The lowest BCUT2D eigenvalue weighted by Crippen LogP contribution is -2.41. The van der Waals surface area contributed by atoms with Crippen molar-refractivity contribution in [3.8, 4) is 5.75 Å². The van der Waals surface area contributed by atoms with Gasteiger partial charge < -0.3 is 15.6 Å². The Morgan fingerprint density at radius 3 is 2.40 bits per heavy atom. The van der Waals surface area contributed by atoms with Gasteiger partial charge in [0.05, 0.1) is 12.2 Å².